The van der Waals surface area contributed by atoms with Crippen LogP contribution in [0.25, 0.3) is 0 Å². The third-order valence-electron chi connectivity index (χ3n) is 3.76. The molecule has 0 aromatic heterocycles. The zero-order valence-corrected chi connectivity index (χ0v) is 15.5. The number of hydrogen-bond acceptors (Lipinski definition) is 5. The van der Waals surface area contributed by atoms with Crippen LogP contribution >= 0.6 is 0 Å². The van der Waals surface area contributed by atoms with E-state index in [1.54, 1.807) is 0 Å². The predicted octanol–water partition coefficient (Wildman–Crippen LogP) is 2.44. The minimum Gasteiger partial charge on any atom is -0.391 e. The summed E-state index contributed by atoms with van der Waals surface area (Å²) in [5, 5.41) is 19.4. The van der Waals surface area contributed by atoms with E-state index in [0.29, 0.717) is 33.0 Å². The molecule has 0 spiro atoms. The van der Waals surface area contributed by atoms with Crippen molar-refractivity contribution >= 4 is 0 Å². The van der Waals surface area contributed by atoms with Gasteiger partial charge in [-0.1, -0.05) is 27.2 Å². The van der Waals surface area contributed by atoms with E-state index in [-0.39, 0.29) is 6.10 Å². The first-order valence-corrected chi connectivity index (χ1v) is 9.37. The molecule has 5 nitrogen and oxygen atoms in total. The van der Waals surface area contributed by atoms with Gasteiger partial charge < -0.3 is 24.6 Å². The molecule has 0 saturated heterocycles. The summed E-state index contributed by atoms with van der Waals surface area (Å²) in [5.74, 6) is 0. The number of aliphatic hydroxyl groups excluding tert-OH is 2. The molecular weight excluding hydrogens is 294 g/mol. The molecular formula is C18H39NO4. The topological polar surface area (TPSA) is 62.2 Å². The van der Waals surface area contributed by atoms with Crippen LogP contribution in [0.5, 0.6) is 0 Å². The number of ether oxygens (including phenoxy) is 2. The number of rotatable bonds is 17. The Morgan fingerprint density at radius 3 is 1.91 bits per heavy atom. The lowest BCUT2D eigenvalue weighted by Gasteiger charge is -2.24. The van der Waals surface area contributed by atoms with Gasteiger partial charge in [0.15, 0.2) is 0 Å². The molecule has 0 aliphatic carbocycles. The van der Waals surface area contributed by atoms with Crippen molar-refractivity contribution in [1.29, 1.82) is 0 Å². The molecule has 2 N–H and O–H groups in total. The molecule has 0 rings (SSSR count). The highest BCUT2D eigenvalue weighted by Gasteiger charge is 2.10. The summed E-state index contributed by atoms with van der Waals surface area (Å²) in [4.78, 5) is 2.32. The average molecular weight is 334 g/mol. The molecule has 0 saturated carbocycles. The molecule has 0 radical (unpaired) electrons. The van der Waals surface area contributed by atoms with Crippen molar-refractivity contribution in [2.45, 2.75) is 71.5 Å². The Morgan fingerprint density at radius 1 is 0.783 bits per heavy atom. The molecule has 0 aliphatic heterocycles. The van der Waals surface area contributed by atoms with Crippen molar-refractivity contribution in [2.75, 3.05) is 46.1 Å². The Hall–Kier alpha value is -0.200. The molecule has 0 bridgehead atoms. The molecule has 2 atom stereocenters. The number of nitrogens with zero attached hydrogens (tertiary/aromatic N) is 1. The van der Waals surface area contributed by atoms with Gasteiger partial charge in [0.25, 0.3) is 0 Å². The van der Waals surface area contributed by atoms with Gasteiger partial charge in [-0.2, -0.15) is 0 Å². The third kappa shape index (κ3) is 15.1. The molecule has 0 aliphatic rings. The third-order valence-corrected chi connectivity index (χ3v) is 3.76. The van der Waals surface area contributed by atoms with Gasteiger partial charge in [0, 0.05) is 19.8 Å². The van der Waals surface area contributed by atoms with E-state index in [1.807, 2.05) is 6.92 Å². The van der Waals surface area contributed by atoms with Crippen LogP contribution in [-0.4, -0.2) is 73.4 Å². The fourth-order valence-corrected chi connectivity index (χ4v) is 2.31. The summed E-state index contributed by atoms with van der Waals surface area (Å²) in [5.41, 5.74) is 0. The average Bonchev–Trinajstić information content (AvgIpc) is 2.54. The molecule has 0 aromatic rings. The van der Waals surface area contributed by atoms with E-state index in [2.05, 4.69) is 18.7 Å². The highest BCUT2D eigenvalue weighted by Crippen LogP contribution is 2.01. The van der Waals surface area contributed by atoms with E-state index in [4.69, 9.17) is 9.47 Å². The standard InChI is InChI=1S/C18H39NO4/c1-4-7-11-19(10-5-2)14-18(21)16-23-13-9-8-12-22-15-17(20)6-3/h17-18,20-21H,4-16H2,1-3H3. The summed E-state index contributed by atoms with van der Waals surface area (Å²) in [7, 11) is 0. The van der Waals surface area contributed by atoms with Crippen molar-refractivity contribution in [3.63, 3.8) is 0 Å². The highest BCUT2D eigenvalue weighted by atomic mass is 16.5. The van der Waals surface area contributed by atoms with E-state index in [0.717, 1.165) is 38.8 Å². The lowest BCUT2D eigenvalue weighted by molar-refractivity contribution is 0.00915. The Bertz CT molecular complexity index is 241. The molecule has 0 amide bonds. The van der Waals surface area contributed by atoms with Gasteiger partial charge in [-0.15, -0.1) is 0 Å². The minimum absolute atomic E-state index is 0.347. The second kappa shape index (κ2) is 16.7. The van der Waals surface area contributed by atoms with Gasteiger partial charge in [0.2, 0.25) is 0 Å². The second-order valence-corrected chi connectivity index (χ2v) is 6.23. The SMILES string of the molecule is CCCCN(CCC)CC(O)COCCCCOCC(O)CC. The van der Waals surface area contributed by atoms with E-state index < -0.39 is 6.10 Å². The minimum atomic E-state index is -0.408. The normalized spacial score (nSPS) is 14.3. The summed E-state index contributed by atoms with van der Waals surface area (Å²) >= 11 is 0. The monoisotopic (exact) mass is 333 g/mol. The van der Waals surface area contributed by atoms with Gasteiger partial charge in [-0.3, -0.25) is 0 Å². The van der Waals surface area contributed by atoms with E-state index >= 15 is 0 Å². The maximum Gasteiger partial charge on any atom is 0.0900 e. The summed E-state index contributed by atoms with van der Waals surface area (Å²) in [6.07, 6.45) is 5.30. The first-order chi connectivity index (χ1) is 11.1. The largest absolute Gasteiger partial charge is 0.391 e. The number of unbranched alkanes of at least 4 members (excludes halogenated alkanes) is 2. The van der Waals surface area contributed by atoms with Crippen molar-refractivity contribution in [1.82, 2.24) is 4.90 Å². The van der Waals surface area contributed by atoms with Crippen LogP contribution in [-0.2, 0) is 9.47 Å². The fourth-order valence-electron chi connectivity index (χ4n) is 2.31. The number of aliphatic hydroxyl groups is 2. The zero-order chi connectivity index (χ0) is 17.3. The first-order valence-electron chi connectivity index (χ1n) is 9.37. The van der Waals surface area contributed by atoms with Crippen LogP contribution in [0.3, 0.4) is 0 Å². The second-order valence-electron chi connectivity index (χ2n) is 6.23. The molecule has 0 fully saturated rings. The van der Waals surface area contributed by atoms with E-state index in [9.17, 15) is 10.2 Å². The summed E-state index contributed by atoms with van der Waals surface area (Å²) in [6, 6.07) is 0. The van der Waals surface area contributed by atoms with Crippen molar-refractivity contribution in [2.24, 2.45) is 0 Å². The number of hydrogen-bond donors (Lipinski definition) is 2. The molecule has 140 valence electrons. The lowest BCUT2D eigenvalue weighted by atomic mass is 10.2. The van der Waals surface area contributed by atoms with Gasteiger partial charge in [0.05, 0.1) is 25.4 Å². The Morgan fingerprint density at radius 2 is 1.39 bits per heavy atom. The quantitative estimate of drug-likeness (QED) is 0.400. The van der Waals surface area contributed by atoms with Gasteiger partial charge in [-0.05, 0) is 45.2 Å². The van der Waals surface area contributed by atoms with Gasteiger partial charge in [-0.25, -0.2) is 0 Å². The molecule has 0 heterocycles. The smallest absolute Gasteiger partial charge is 0.0900 e. The van der Waals surface area contributed by atoms with Gasteiger partial charge >= 0.3 is 0 Å². The highest BCUT2D eigenvalue weighted by molar-refractivity contribution is 4.64. The first kappa shape index (κ1) is 22.8. The van der Waals surface area contributed by atoms with Crippen LogP contribution in [0.2, 0.25) is 0 Å². The van der Waals surface area contributed by atoms with Crippen molar-refractivity contribution < 1.29 is 19.7 Å². The summed E-state index contributed by atoms with van der Waals surface area (Å²) < 4.78 is 10.9. The van der Waals surface area contributed by atoms with Crippen molar-refractivity contribution in [3.8, 4) is 0 Å². The maximum atomic E-state index is 10.1. The molecule has 2 unspecified atom stereocenters. The molecule has 0 aromatic carbocycles. The van der Waals surface area contributed by atoms with Crippen LogP contribution in [0, 0.1) is 0 Å². The Balaban J connectivity index is 3.52. The Kier molecular flexibility index (Phi) is 16.5. The molecule has 23 heavy (non-hydrogen) atoms. The summed E-state index contributed by atoms with van der Waals surface area (Å²) in [6.45, 7) is 11.2. The van der Waals surface area contributed by atoms with Crippen molar-refractivity contribution in [3.05, 3.63) is 0 Å². The predicted molar refractivity (Wildman–Crippen MR) is 94.8 cm³/mol. The molecule has 5 heteroatoms. The lowest BCUT2D eigenvalue weighted by Crippen LogP contribution is -2.36. The van der Waals surface area contributed by atoms with Crippen LogP contribution in [0.4, 0.5) is 0 Å². The fraction of sp³-hybridized carbons (Fsp3) is 1.00. The van der Waals surface area contributed by atoms with Crippen LogP contribution in [0.1, 0.15) is 59.3 Å². The zero-order valence-electron chi connectivity index (χ0n) is 15.5. The Labute approximate surface area is 143 Å². The van der Waals surface area contributed by atoms with Crippen LogP contribution < -0.4 is 0 Å². The maximum absolute atomic E-state index is 10.1. The van der Waals surface area contributed by atoms with E-state index in [1.165, 1.54) is 12.8 Å². The van der Waals surface area contributed by atoms with Crippen LogP contribution in [0.15, 0.2) is 0 Å². The van der Waals surface area contributed by atoms with Gasteiger partial charge in [0.1, 0.15) is 0 Å².